The number of amides is 2. The standard InChI is InChI=1S/C15H27N3O2.ClH/c1-14(2,3)17-12(19)10-18(4)13(20)11-9-15(11)5-7-16-8-6-15;/h11,16H,5-10H2,1-4H3,(H,17,19);1H. The van der Waals surface area contributed by atoms with E-state index in [0.29, 0.717) is 0 Å². The first kappa shape index (κ1) is 18.2. The molecule has 2 fully saturated rings. The van der Waals surface area contributed by atoms with E-state index in [2.05, 4.69) is 10.6 Å². The lowest BCUT2D eigenvalue weighted by atomic mass is 9.91. The minimum Gasteiger partial charge on any atom is -0.350 e. The van der Waals surface area contributed by atoms with Crippen molar-refractivity contribution in [2.75, 3.05) is 26.7 Å². The predicted molar refractivity (Wildman–Crippen MR) is 85.4 cm³/mol. The van der Waals surface area contributed by atoms with Crippen LogP contribution in [0.5, 0.6) is 0 Å². The van der Waals surface area contributed by atoms with Crippen LogP contribution >= 0.6 is 12.4 Å². The molecule has 6 heteroatoms. The summed E-state index contributed by atoms with van der Waals surface area (Å²) in [6.07, 6.45) is 3.18. The highest BCUT2D eigenvalue weighted by Crippen LogP contribution is 2.59. The average molecular weight is 318 g/mol. The summed E-state index contributed by atoms with van der Waals surface area (Å²) in [5, 5.41) is 6.23. The lowest BCUT2D eigenvalue weighted by molar-refractivity contribution is -0.137. The van der Waals surface area contributed by atoms with Gasteiger partial charge in [-0.1, -0.05) is 0 Å². The first-order chi connectivity index (χ1) is 9.23. The Balaban J connectivity index is 0.00000220. The van der Waals surface area contributed by atoms with Gasteiger partial charge in [-0.25, -0.2) is 0 Å². The molecule has 2 N–H and O–H groups in total. The quantitative estimate of drug-likeness (QED) is 0.821. The van der Waals surface area contributed by atoms with Gasteiger partial charge < -0.3 is 15.5 Å². The van der Waals surface area contributed by atoms with Crippen LogP contribution in [0.2, 0.25) is 0 Å². The monoisotopic (exact) mass is 317 g/mol. The van der Waals surface area contributed by atoms with Gasteiger partial charge in [0.05, 0.1) is 6.54 Å². The Morgan fingerprint density at radius 2 is 1.86 bits per heavy atom. The van der Waals surface area contributed by atoms with Gasteiger partial charge in [-0.05, 0) is 58.5 Å². The van der Waals surface area contributed by atoms with Gasteiger partial charge in [0.25, 0.3) is 0 Å². The molecule has 2 amide bonds. The molecule has 0 bridgehead atoms. The van der Waals surface area contributed by atoms with E-state index in [0.717, 1.165) is 32.4 Å². The Hall–Kier alpha value is -0.810. The zero-order chi connectivity index (χ0) is 15.0. The molecule has 2 aliphatic rings. The molecule has 1 aliphatic carbocycles. The predicted octanol–water partition coefficient (Wildman–Crippen LogP) is 1.17. The van der Waals surface area contributed by atoms with E-state index in [9.17, 15) is 9.59 Å². The van der Waals surface area contributed by atoms with Gasteiger partial charge in [0.1, 0.15) is 0 Å². The van der Waals surface area contributed by atoms with Gasteiger partial charge in [0.2, 0.25) is 11.8 Å². The van der Waals surface area contributed by atoms with Crippen molar-refractivity contribution >= 4 is 24.2 Å². The maximum atomic E-state index is 12.4. The maximum Gasteiger partial charge on any atom is 0.240 e. The molecule has 1 heterocycles. The Morgan fingerprint density at radius 1 is 1.29 bits per heavy atom. The molecule has 0 aromatic heterocycles. The first-order valence-corrected chi connectivity index (χ1v) is 7.50. The molecule has 1 saturated carbocycles. The van der Waals surface area contributed by atoms with Crippen LogP contribution in [0.25, 0.3) is 0 Å². The van der Waals surface area contributed by atoms with Crippen molar-refractivity contribution in [3.8, 4) is 0 Å². The van der Waals surface area contributed by atoms with Crippen LogP contribution in [0.15, 0.2) is 0 Å². The molecule has 1 saturated heterocycles. The van der Waals surface area contributed by atoms with E-state index in [4.69, 9.17) is 0 Å². The van der Waals surface area contributed by atoms with Gasteiger partial charge in [-0.3, -0.25) is 9.59 Å². The Kier molecular flexibility index (Phi) is 5.67. The molecule has 0 aromatic carbocycles. The van der Waals surface area contributed by atoms with Crippen LogP contribution < -0.4 is 10.6 Å². The number of carbonyl (C=O) groups excluding carboxylic acids is 2. The van der Waals surface area contributed by atoms with Crippen LogP contribution in [-0.4, -0.2) is 48.9 Å². The van der Waals surface area contributed by atoms with E-state index in [1.165, 1.54) is 0 Å². The minimum atomic E-state index is -0.253. The van der Waals surface area contributed by atoms with E-state index >= 15 is 0 Å². The number of hydrogen-bond acceptors (Lipinski definition) is 3. The number of nitrogens with zero attached hydrogens (tertiary/aromatic N) is 1. The van der Waals surface area contributed by atoms with Crippen LogP contribution in [0.4, 0.5) is 0 Å². The molecule has 2 rings (SSSR count). The number of nitrogens with one attached hydrogen (secondary N) is 2. The fraction of sp³-hybridized carbons (Fsp3) is 0.867. The van der Waals surface area contributed by atoms with Crippen molar-refractivity contribution in [2.24, 2.45) is 11.3 Å². The molecule has 1 aliphatic heterocycles. The van der Waals surface area contributed by atoms with E-state index in [1.54, 1.807) is 11.9 Å². The van der Waals surface area contributed by atoms with E-state index in [1.807, 2.05) is 20.8 Å². The van der Waals surface area contributed by atoms with Gasteiger partial charge in [-0.15, -0.1) is 12.4 Å². The highest BCUT2D eigenvalue weighted by atomic mass is 35.5. The summed E-state index contributed by atoms with van der Waals surface area (Å²) in [7, 11) is 1.73. The summed E-state index contributed by atoms with van der Waals surface area (Å²) in [5.41, 5.74) is -0.0199. The van der Waals surface area contributed by atoms with Crippen LogP contribution in [0.1, 0.15) is 40.0 Å². The van der Waals surface area contributed by atoms with Crippen molar-refractivity contribution in [1.82, 2.24) is 15.5 Å². The second-order valence-corrected chi connectivity index (χ2v) is 7.36. The first-order valence-electron chi connectivity index (χ1n) is 7.50. The van der Waals surface area contributed by atoms with Crippen LogP contribution in [0, 0.1) is 11.3 Å². The summed E-state index contributed by atoms with van der Waals surface area (Å²) < 4.78 is 0. The fourth-order valence-corrected chi connectivity index (χ4v) is 3.19. The maximum absolute atomic E-state index is 12.4. The van der Waals surface area contributed by atoms with Gasteiger partial charge >= 0.3 is 0 Å². The molecule has 21 heavy (non-hydrogen) atoms. The summed E-state index contributed by atoms with van der Waals surface area (Å²) in [4.78, 5) is 25.9. The van der Waals surface area contributed by atoms with Gasteiger partial charge in [0.15, 0.2) is 0 Å². The third-order valence-electron chi connectivity index (χ3n) is 4.36. The van der Waals surface area contributed by atoms with E-state index in [-0.39, 0.29) is 47.6 Å². The van der Waals surface area contributed by atoms with Crippen LogP contribution in [0.3, 0.4) is 0 Å². The van der Waals surface area contributed by atoms with Crippen molar-refractivity contribution in [2.45, 2.75) is 45.6 Å². The summed E-state index contributed by atoms with van der Waals surface area (Å²) in [6, 6.07) is 0. The molecule has 0 aromatic rings. The number of rotatable bonds is 3. The fourth-order valence-electron chi connectivity index (χ4n) is 3.19. The van der Waals surface area contributed by atoms with Crippen molar-refractivity contribution < 1.29 is 9.59 Å². The lowest BCUT2D eigenvalue weighted by Gasteiger charge is -2.26. The average Bonchev–Trinajstić information content (AvgIpc) is 3.00. The number of halogens is 1. The normalized spacial score (nSPS) is 23.1. The SMILES string of the molecule is CN(CC(=O)NC(C)(C)C)C(=O)C1CC12CCNCC2.Cl. The molecular weight excluding hydrogens is 290 g/mol. The summed E-state index contributed by atoms with van der Waals surface area (Å²) in [6.45, 7) is 8.00. The zero-order valence-corrected chi connectivity index (χ0v) is 14.3. The third-order valence-corrected chi connectivity index (χ3v) is 4.36. The lowest BCUT2D eigenvalue weighted by Crippen LogP contribution is -2.47. The summed E-state index contributed by atoms with van der Waals surface area (Å²) in [5.74, 6) is 0.182. The number of carbonyl (C=O) groups is 2. The number of likely N-dealkylation sites (N-methyl/N-ethyl adjacent to an activating group) is 1. The topological polar surface area (TPSA) is 61.4 Å². The molecule has 1 spiro atoms. The largest absolute Gasteiger partial charge is 0.350 e. The second kappa shape index (κ2) is 6.53. The van der Waals surface area contributed by atoms with Crippen molar-refractivity contribution in [3.05, 3.63) is 0 Å². The van der Waals surface area contributed by atoms with Gasteiger partial charge in [-0.2, -0.15) is 0 Å². The second-order valence-electron chi connectivity index (χ2n) is 7.36. The molecule has 1 unspecified atom stereocenters. The molecule has 5 nitrogen and oxygen atoms in total. The molecule has 122 valence electrons. The van der Waals surface area contributed by atoms with Crippen molar-refractivity contribution in [1.29, 1.82) is 0 Å². The van der Waals surface area contributed by atoms with Crippen molar-refractivity contribution in [3.63, 3.8) is 0 Å². The number of hydrogen-bond donors (Lipinski definition) is 2. The molecular formula is C15H28ClN3O2. The smallest absolute Gasteiger partial charge is 0.240 e. The Labute approximate surface area is 133 Å². The molecule has 1 atom stereocenters. The Morgan fingerprint density at radius 3 is 2.38 bits per heavy atom. The number of piperidine rings is 1. The minimum absolute atomic E-state index is 0. The van der Waals surface area contributed by atoms with E-state index < -0.39 is 0 Å². The van der Waals surface area contributed by atoms with Gasteiger partial charge in [0, 0.05) is 18.5 Å². The zero-order valence-electron chi connectivity index (χ0n) is 13.5. The third kappa shape index (κ3) is 4.58. The highest BCUT2D eigenvalue weighted by Gasteiger charge is 2.58. The van der Waals surface area contributed by atoms with Crippen LogP contribution in [-0.2, 0) is 9.59 Å². The summed E-state index contributed by atoms with van der Waals surface area (Å²) >= 11 is 0. The molecule has 0 radical (unpaired) electrons. The highest BCUT2D eigenvalue weighted by molar-refractivity contribution is 5.88. The Bertz CT molecular complexity index is 400.